The van der Waals surface area contributed by atoms with Gasteiger partial charge in [0.2, 0.25) is 0 Å². The number of carbonyl (C=O) groups excluding carboxylic acids is 3. The van der Waals surface area contributed by atoms with Crippen LogP contribution < -0.4 is 0 Å². The fourth-order valence-corrected chi connectivity index (χ4v) is 6.26. The summed E-state index contributed by atoms with van der Waals surface area (Å²) >= 11 is 1.35. The van der Waals surface area contributed by atoms with Crippen molar-refractivity contribution < 1.29 is 23.5 Å². The number of esters is 1. The highest BCUT2D eigenvalue weighted by molar-refractivity contribution is 8.14. The maximum atomic E-state index is 14.8. The van der Waals surface area contributed by atoms with E-state index in [1.54, 1.807) is 25.1 Å². The SMILES string of the molecule is CCOC(=O)C1CCN(CC=C2CN(C(C(=O)C3CC3)c3ccccc3F)CCC2SC(C)=O)CC1.Cl.Cl. The van der Waals surface area contributed by atoms with Crippen molar-refractivity contribution in [2.75, 3.05) is 39.3 Å². The number of ketones is 1. The summed E-state index contributed by atoms with van der Waals surface area (Å²) in [4.78, 5) is 41.8. The summed E-state index contributed by atoms with van der Waals surface area (Å²) in [6.07, 6.45) is 6.26. The Labute approximate surface area is 241 Å². The van der Waals surface area contributed by atoms with Crippen molar-refractivity contribution in [3.8, 4) is 0 Å². The molecular weight excluding hydrogens is 550 g/mol. The maximum absolute atomic E-state index is 14.8. The van der Waals surface area contributed by atoms with Gasteiger partial charge in [-0.25, -0.2) is 4.39 Å². The third-order valence-corrected chi connectivity index (χ3v) is 8.57. The molecule has 0 bridgehead atoms. The molecule has 212 valence electrons. The van der Waals surface area contributed by atoms with Gasteiger partial charge in [0.1, 0.15) is 5.82 Å². The molecule has 1 aliphatic carbocycles. The molecule has 0 spiro atoms. The van der Waals surface area contributed by atoms with Crippen molar-refractivity contribution in [1.29, 1.82) is 0 Å². The zero-order valence-corrected chi connectivity index (χ0v) is 24.6. The van der Waals surface area contributed by atoms with Crippen LogP contribution in [0, 0.1) is 17.7 Å². The molecule has 1 aromatic carbocycles. The number of ether oxygens (including phenoxy) is 1. The van der Waals surface area contributed by atoms with Gasteiger partial charge in [0.25, 0.3) is 0 Å². The molecule has 3 fully saturated rings. The first kappa shape index (κ1) is 32.8. The van der Waals surface area contributed by atoms with E-state index in [-0.39, 0.29) is 64.6 Å². The van der Waals surface area contributed by atoms with Gasteiger partial charge < -0.3 is 4.74 Å². The normalized spacial score (nSPS) is 22.7. The van der Waals surface area contributed by atoms with Crippen LogP contribution in [0.2, 0.25) is 0 Å². The van der Waals surface area contributed by atoms with Gasteiger partial charge in [-0.1, -0.05) is 36.0 Å². The van der Waals surface area contributed by atoms with Crippen LogP contribution in [0.5, 0.6) is 0 Å². The second kappa shape index (κ2) is 15.4. The van der Waals surface area contributed by atoms with Crippen molar-refractivity contribution in [2.24, 2.45) is 11.8 Å². The third kappa shape index (κ3) is 8.52. The zero-order chi connectivity index (χ0) is 25.7. The Hall–Kier alpha value is -1.45. The lowest BCUT2D eigenvalue weighted by atomic mass is 9.93. The molecule has 0 amide bonds. The molecule has 0 N–H and O–H groups in total. The number of rotatable bonds is 9. The smallest absolute Gasteiger partial charge is 0.309 e. The van der Waals surface area contributed by atoms with E-state index >= 15 is 0 Å². The molecule has 1 saturated carbocycles. The number of nitrogens with zero attached hydrogens (tertiary/aromatic N) is 2. The Morgan fingerprint density at radius 3 is 2.34 bits per heavy atom. The van der Waals surface area contributed by atoms with E-state index in [0.717, 1.165) is 57.3 Å². The summed E-state index contributed by atoms with van der Waals surface area (Å²) in [5, 5.41) is 0.141. The summed E-state index contributed by atoms with van der Waals surface area (Å²) in [5.74, 6) is -0.345. The highest BCUT2D eigenvalue weighted by atomic mass is 35.5. The van der Waals surface area contributed by atoms with E-state index in [2.05, 4.69) is 15.9 Å². The average Bonchev–Trinajstić information content (AvgIpc) is 3.71. The average molecular weight is 590 g/mol. The molecule has 2 heterocycles. The molecule has 2 unspecified atom stereocenters. The monoisotopic (exact) mass is 588 g/mol. The Balaban J connectivity index is 0.00000253. The second-order valence-electron chi connectivity index (χ2n) is 10.1. The van der Waals surface area contributed by atoms with Gasteiger partial charge in [-0.15, -0.1) is 24.8 Å². The molecule has 2 atom stereocenters. The largest absolute Gasteiger partial charge is 0.466 e. The first-order valence-electron chi connectivity index (χ1n) is 13.1. The number of halogens is 3. The molecule has 4 rings (SSSR count). The third-order valence-electron chi connectivity index (χ3n) is 7.42. The van der Waals surface area contributed by atoms with E-state index in [0.29, 0.717) is 25.3 Å². The van der Waals surface area contributed by atoms with Crippen LogP contribution in [0.15, 0.2) is 35.9 Å². The predicted octanol–water partition coefficient (Wildman–Crippen LogP) is 5.25. The molecular formula is C28H39Cl2FN2O4S. The summed E-state index contributed by atoms with van der Waals surface area (Å²) in [6, 6.07) is 6.01. The number of benzene rings is 1. The fourth-order valence-electron chi connectivity index (χ4n) is 5.31. The highest BCUT2D eigenvalue weighted by Crippen LogP contribution is 2.40. The first-order valence-corrected chi connectivity index (χ1v) is 14.0. The molecule has 6 nitrogen and oxygen atoms in total. The number of piperidine rings is 2. The second-order valence-corrected chi connectivity index (χ2v) is 11.4. The zero-order valence-electron chi connectivity index (χ0n) is 22.1. The lowest BCUT2D eigenvalue weighted by Crippen LogP contribution is -2.43. The van der Waals surface area contributed by atoms with Crippen molar-refractivity contribution in [1.82, 2.24) is 9.80 Å². The minimum Gasteiger partial charge on any atom is -0.466 e. The molecule has 3 aliphatic rings. The van der Waals surface area contributed by atoms with Crippen molar-refractivity contribution in [3.05, 3.63) is 47.3 Å². The van der Waals surface area contributed by atoms with E-state index < -0.39 is 6.04 Å². The standard InChI is InChI=1S/C28H37FN2O4S.2ClH/c1-3-35-28(34)21-10-14-30(15-11-21)16-12-22-18-31(17-13-25(22)36-19(2)32)26(27(33)20-8-9-20)23-6-4-5-7-24(23)29;;/h4-7,12,20-21,25-26H,3,8-11,13-18H2,1-2H3;2*1H. The van der Waals surface area contributed by atoms with Gasteiger partial charge in [-0.05, 0) is 63.8 Å². The predicted molar refractivity (Wildman–Crippen MR) is 153 cm³/mol. The summed E-state index contributed by atoms with van der Waals surface area (Å²) in [7, 11) is 0. The molecule has 2 saturated heterocycles. The minimum atomic E-state index is -0.592. The number of hydrogen-bond acceptors (Lipinski definition) is 7. The Morgan fingerprint density at radius 2 is 1.74 bits per heavy atom. The number of Topliss-reactive ketones (excluding diaryl/α,β-unsaturated/α-hetero) is 1. The van der Waals surface area contributed by atoms with Crippen LogP contribution in [0.25, 0.3) is 0 Å². The number of likely N-dealkylation sites (tertiary alicyclic amines) is 2. The van der Waals surface area contributed by atoms with Gasteiger partial charge in [-0.2, -0.15) is 0 Å². The lowest BCUT2D eigenvalue weighted by molar-refractivity contribution is -0.149. The van der Waals surface area contributed by atoms with E-state index in [1.807, 2.05) is 6.92 Å². The van der Waals surface area contributed by atoms with Gasteiger partial charge in [0, 0.05) is 43.3 Å². The number of hydrogen-bond donors (Lipinski definition) is 0. The Kier molecular flexibility index (Phi) is 13.2. The van der Waals surface area contributed by atoms with Gasteiger partial charge in [0.05, 0.1) is 18.6 Å². The first-order chi connectivity index (χ1) is 17.4. The maximum Gasteiger partial charge on any atom is 0.309 e. The van der Waals surface area contributed by atoms with Crippen molar-refractivity contribution in [3.63, 3.8) is 0 Å². The molecule has 0 aromatic heterocycles. The number of thioether (sulfide) groups is 1. The number of carbonyl (C=O) groups is 3. The van der Waals surface area contributed by atoms with Crippen LogP contribution in [0.3, 0.4) is 0 Å². The van der Waals surface area contributed by atoms with Crippen molar-refractivity contribution >= 4 is 53.4 Å². The van der Waals surface area contributed by atoms with Crippen LogP contribution >= 0.6 is 36.6 Å². The lowest BCUT2D eigenvalue weighted by Gasteiger charge is -2.39. The van der Waals surface area contributed by atoms with Gasteiger partial charge >= 0.3 is 5.97 Å². The quantitative estimate of drug-likeness (QED) is 0.288. The van der Waals surface area contributed by atoms with E-state index in [4.69, 9.17) is 4.74 Å². The minimum absolute atomic E-state index is 0. The van der Waals surface area contributed by atoms with E-state index in [9.17, 15) is 18.8 Å². The topological polar surface area (TPSA) is 66.9 Å². The van der Waals surface area contributed by atoms with Crippen molar-refractivity contribution in [2.45, 2.75) is 57.2 Å². The summed E-state index contributed by atoms with van der Waals surface area (Å²) < 4.78 is 20.0. The van der Waals surface area contributed by atoms with Crippen LogP contribution in [0.1, 0.15) is 57.6 Å². The summed E-state index contributed by atoms with van der Waals surface area (Å²) in [6.45, 7) is 7.39. The molecule has 1 aromatic rings. The van der Waals surface area contributed by atoms with Crippen LogP contribution in [-0.2, 0) is 19.1 Å². The molecule has 0 radical (unpaired) electrons. The van der Waals surface area contributed by atoms with Crippen LogP contribution in [-0.4, -0.2) is 71.2 Å². The Bertz CT molecular complexity index is 999. The van der Waals surface area contributed by atoms with Gasteiger partial charge in [-0.3, -0.25) is 24.2 Å². The molecule has 10 heteroatoms. The Morgan fingerprint density at radius 1 is 1.05 bits per heavy atom. The summed E-state index contributed by atoms with van der Waals surface area (Å²) in [5.41, 5.74) is 1.58. The molecule has 38 heavy (non-hydrogen) atoms. The van der Waals surface area contributed by atoms with Crippen LogP contribution in [0.4, 0.5) is 4.39 Å². The van der Waals surface area contributed by atoms with E-state index in [1.165, 1.54) is 17.8 Å². The molecule has 2 aliphatic heterocycles. The fraction of sp³-hybridized carbons (Fsp3) is 0.607. The highest BCUT2D eigenvalue weighted by Gasteiger charge is 2.41. The van der Waals surface area contributed by atoms with Gasteiger partial charge in [0.15, 0.2) is 10.9 Å².